The van der Waals surface area contributed by atoms with Gasteiger partial charge in [0.25, 0.3) is 0 Å². The predicted molar refractivity (Wildman–Crippen MR) is 91.0 cm³/mol. The van der Waals surface area contributed by atoms with Gasteiger partial charge in [-0.2, -0.15) is 0 Å². The summed E-state index contributed by atoms with van der Waals surface area (Å²) in [5.41, 5.74) is 5.36. The molecule has 0 aromatic heterocycles. The lowest BCUT2D eigenvalue weighted by Gasteiger charge is -2.33. The Morgan fingerprint density at radius 2 is 1.86 bits per heavy atom. The number of hydrogen-bond acceptors (Lipinski definition) is 2. The zero-order valence-electron chi connectivity index (χ0n) is 12.2. The molecule has 0 N–H and O–H groups in total. The van der Waals surface area contributed by atoms with Gasteiger partial charge in [-0.3, -0.25) is 4.90 Å². The van der Waals surface area contributed by atoms with Crippen LogP contribution in [0.2, 0.25) is 0 Å². The zero-order chi connectivity index (χ0) is 14.8. The van der Waals surface area contributed by atoms with Crippen LogP contribution in [0.5, 0.6) is 0 Å². The van der Waals surface area contributed by atoms with Gasteiger partial charge in [-0.05, 0) is 30.7 Å². The van der Waals surface area contributed by atoms with E-state index in [1.807, 2.05) is 36.4 Å². The number of hydrogen-bond donors (Lipinski definition) is 0. The lowest BCUT2D eigenvalue weighted by Crippen LogP contribution is -2.31. The summed E-state index contributed by atoms with van der Waals surface area (Å²) in [6.45, 7) is 10.3. The van der Waals surface area contributed by atoms with Gasteiger partial charge in [0.1, 0.15) is 5.84 Å². The number of amidine groups is 1. The molecule has 0 saturated carbocycles. The minimum atomic E-state index is 0.710. The van der Waals surface area contributed by atoms with Crippen molar-refractivity contribution in [2.24, 2.45) is 4.99 Å². The molecule has 1 aliphatic rings. The van der Waals surface area contributed by atoms with Crippen molar-refractivity contribution in [2.45, 2.75) is 13.3 Å². The Morgan fingerprint density at radius 3 is 2.57 bits per heavy atom. The number of aliphatic imine (C=N–C) groups is 1. The van der Waals surface area contributed by atoms with Crippen molar-refractivity contribution in [3.8, 4) is 0 Å². The molecule has 3 rings (SSSR count). The summed E-state index contributed by atoms with van der Waals surface area (Å²) in [6.07, 6.45) is 2.59. The van der Waals surface area contributed by atoms with Gasteiger partial charge in [-0.25, -0.2) is 4.99 Å². The molecule has 2 heteroatoms. The third-order valence-corrected chi connectivity index (χ3v) is 3.66. The molecular formula is C19H18N2. The van der Waals surface area contributed by atoms with Gasteiger partial charge in [0.15, 0.2) is 0 Å². The Balaban J connectivity index is 2.19. The summed E-state index contributed by atoms with van der Waals surface area (Å²) in [4.78, 5) is 6.94. The van der Waals surface area contributed by atoms with Crippen LogP contribution in [-0.4, -0.2) is 5.84 Å². The van der Waals surface area contributed by atoms with Gasteiger partial charge >= 0.3 is 0 Å². The van der Waals surface area contributed by atoms with Gasteiger partial charge in [0.05, 0.1) is 5.69 Å². The first-order valence-electron chi connectivity index (χ1n) is 7.05. The van der Waals surface area contributed by atoms with E-state index in [0.717, 1.165) is 28.5 Å². The van der Waals surface area contributed by atoms with E-state index < -0.39 is 0 Å². The van der Waals surface area contributed by atoms with E-state index in [2.05, 4.69) is 43.2 Å². The van der Waals surface area contributed by atoms with Crippen LogP contribution < -0.4 is 4.90 Å². The van der Waals surface area contributed by atoms with E-state index in [9.17, 15) is 0 Å². The lowest BCUT2D eigenvalue weighted by atomic mass is 10.00. The molecule has 1 heterocycles. The maximum Gasteiger partial charge on any atom is 0.118 e. The predicted octanol–water partition coefficient (Wildman–Crippen LogP) is 5.09. The maximum atomic E-state index is 4.81. The van der Waals surface area contributed by atoms with Gasteiger partial charge in [-0.1, -0.05) is 43.0 Å². The summed E-state index contributed by atoms with van der Waals surface area (Å²) in [6, 6.07) is 16.4. The summed E-state index contributed by atoms with van der Waals surface area (Å²) in [5.74, 6) is 0.958. The van der Waals surface area contributed by atoms with Crippen molar-refractivity contribution >= 4 is 22.9 Å². The van der Waals surface area contributed by atoms with Crippen LogP contribution in [0.15, 0.2) is 72.8 Å². The standard InChI is InChI=1S/C19H18N2/c1-4-9-18-20-17-13-8-10-14(2)19(17)15(3)21(18)16-11-6-5-7-12-16/h4-8,10-13H,1,3,9H2,2H3. The first-order chi connectivity index (χ1) is 10.2. The molecule has 2 nitrogen and oxygen atoms in total. The summed E-state index contributed by atoms with van der Waals surface area (Å²) < 4.78 is 0. The highest BCUT2D eigenvalue weighted by Crippen LogP contribution is 2.38. The third kappa shape index (κ3) is 2.29. The van der Waals surface area contributed by atoms with Crippen molar-refractivity contribution in [1.82, 2.24) is 0 Å². The number of benzene rings is 2. The molecule has 2 aromatic carbocycles. The lowest BCUT2D eigenvalue weighted by molar-refractivity contribution is 1.21. The molecule has 0 amide bonds. The number of para-hydroxylation sites is 1. The number of fused-ring (bicyclic) bond motifs is 1. The molecule has 2 aromatic rings. The fourth-order valence-electron chi connectivity index (χ4n) is 2.73. The SMILES string of the molecule is C=CCC1=Nc2cccc(C)c2C(=C)N1c1ccccc1. The minimum Gasteiger partial charge on any atom is -0.298 e. The highest BCUT2D eigenvalue weighted by Gasteiger charge is 2.25. The molecule has 104 valence electrons. The van der Waals surface area contributed by atoms with Crippen LogP contribution in [0.3, 0.4) is 0 Å². The number of rotatable bonds is 3. The smallest absolute Gasteiger partial charge is 0.118 e. The maximum absolute atomic E-state index is 4.81. The van der Waals surface area contributed by atoms with E-state index in [4.69, 9.17) is 4.99 Å². The van der Waals surface area contributed by atoms with Gasteiger partial charge in [0.2, 0.25) is 0 Å². The first-order valence-corrected chi connectivity index (χ1v) is 7.05. The van der Waals surface area contributed by atoms with Crippen molar-refractivity contribution in [3.63, 3.8) is 0 Å². The van der Waals surface area contributed by atoms with Crippen molar-refractivity contribution in [2.75, 3.05) is 4.90 Å². The molecule has 0 bridgehead atoms. The van der Waals surface area contributed by atoms with Gasteiger partial charge in [0, 0.05) is 23.4 Å². The highest BCUT2D eigenvalue weighted by molar-refractivity contribution is 6.13. The normalized spacial score (nSPS) is 13.7. The Morgan fingerprint density at radius 1 is 1.10 bits per heavy atom. The Bertz CT molecular complexity index is 726. The Hall–Kier alpha value is -2.61. The molecule has 0 unspecified atom stereocenters. The van der Waals surface area contributed by atoms with Gasteiger partial charge < -0.3 is 0 Å². The molecule has 0 aliphatic carbocycles. The molecule has 0 fully saturated rings. The minimum absolute atomic E-state index is 0.710. The van der Waals surface area contributed by atoms with Crippen LogP contribution in [0.1, 0.15) is 17.5 Å². The second-order valence-electron chi connectivity index (χ2n) is 5.11. The fourth-order valence-corrected chi connectivity index (χ4v) is 2.73. The highest BCUT2D eigenvalue weighted by atomic mass is 15.2. The van der Waals surface area contributed by atoms with E-state index in [-0.39, 0.29) is 0 Å². The van der Waals surface area contributed by atoms with E-state index >= 15 is 0 Å². The number of nitrogens with zero attached hydrogens (tertiary/aromatic N) is 2. The first kappa shape index (κ1) is 13.4. The Labute approximate surface area is 125 Å². The third-order valence-electron chi connectivity index (χ3n) is 3.66. The summed E-state index contributed by atoms with van der Waals surface area (Å²) in [7, 11) is 0. The average Bonchev–Trinajstić information content (AvgIpc) is 2.48. The quantitative estimate of drug-likeness (QED) is 0.712. The molecule has 0 saturated heterocycles. The molecule has 0 spiro atoms. The van der Waals surface area contributed by atoms with Crippen LogP contribution in [-0.2, 0) is 0 Å². The number of anilines is 1. The summed E-state index contributed by atoms with van der Waals surface area (Å²) >= 11 is 0. The number of aryl methyl sites for hydroxylation is 1. The topological polar surface area (TPSA) is 15.6 Å². The fraction of sp³-hybridized carbons (Fsp3) is 0.105. The van der Waals surface area contributed by atoms with Crippen LogP contribution >= 0.6 is 0 Å². The summed E-state index contributed by atoms with van der Waals surface area (Å²) in [5, 5.41) is 0. The molecule has 0 radical (unpaired) electrons. The Kier molecular flexibility index (Phi) is 3.44. The average molecular weight is 274 g/mol. The van der Waals surface area contributed by atoms with Gasteiger partial charge in [-0.15, -0.1) is 6.58 Å². The van der Waals surface area contributed by atoms with E-state index in [1.165, 1.54) is 5.56 Å². The van der Waals surface area contributed by atoms with Crippen LogP contribution in [0.25, 0.3) is 5.70 Å². The molecule has 21 heavy (non-hydrogen) atoms. The van der Waals surface area contributed by atoms with E-state index in [0.29, 0.717) is 6.42 Å². The second-order valence-corrected chi connectivity index (χ2v) is 5.11. The monoisotopic (exact) mass is 274 g/mol. The van der Waals surface area contributed by atoms with Crippen molar-refractivity contribution in [1.29, 1.82) is 0 Å². The van der Waals surface area contributed by atoms with Crippen molar-refractivity contribution < 1.29 is 0 Å². The van der Waals surface area contributed by atoms with Crippen molar-refractivity contribution in [3.05, 3.63) is 78.9 Å². The zero-order valence-corrected chi connectivity index (χ0v) is 12.2. The van der Waals surface area contributed by atoms with E-state index in [1.54, 1.807) is 0 Å². The van der Waals surface area contributed by atoms with Crippen LogP contribution in [0.4, 0.5) is 11.4 Å². The largest absolute Gasteiger partial charge is 0.298 e. The molecular weight excluding hydrogens is 256 g/mol. The second kappa shape index (κ2) is 5.41. The van der Waals surface area contributed by atoms with Crippen LogP contribution in [0, 0.1) is 6.92 Å². The molecule has 1 aliphatic heterocycles. The molecule has 0 atom stereocenters.